The average molecular weight is 697 g/mol. The van der Waals surface area contributed by atoms with Gasteiger partial charge in [-0.15, -0.1) is 0 Å². The van der Waals surface area contributed by atoms with Gasteiger partial charge >= 0.3 is 0 Å². The van der Waals surface area contributed by atoms with Gasteiger partial charge < -0.3 is 4.57 Å². The molecule has 0 aliphatic rings. The molecule has 0 aliphatic heterocycles. The Morgan fingerprint density at radius 1 is 0.327 bits per heavy atom. The van der Waals surface area contributed by atoms with Gasteiger partial charge in [0.2, 0.25) is 0 Å². The number of nitrogens with zero attached hydrogens (tertiary/aromatic N) is 2. The van der Waals surface area contributed by atoms with Crippen LogP contribution in [0.5, 0.6) is 0 Å². The van der Waals surface area contributed by atoms with Crippen molar-refractivity contribution in [3.8, 4) is 45.1 Å². The summed E-state index contributed by atoms with van der Waals surface area (Å²) in [6.07, 6.45) is 0. The van der Waals surface area contributed by atoms with E-state index in [0.29, 0.717) is 5.56 Å². The second-order valence-corrected chi connectivity index (χ2v) is 14.4. The molecule has 0 unspecified atom stereocenters. The molecule has 2 heteroatoms. The summed E-state index contributed by atoms with van der Waals surface area (Å²) in [6, 6.07) is 72.5. The Morgan fingerprint density at radius 3 is 1.44 bits per heavy atom. The standard InChI is InChI=1S/C53H32N2/c54-33-34-18-25-44-45-26-23-40(32-51(45)55(50(44)28-34)43-14-2-1-3-15-43)39-24-27-48-49(31-39)53(42-22-20-36-11-5-7-13-38(36)30-42)47-17-9-8-16-46(47)52(48)41-21-19-35-10-4-6-12-37(35)29-41/h1-32H. The van der Waals surface area contributed by atoms with Crippen molar-refractivity contribution in [1.29, 1.82) is 5.26 Å². The summed E-state index contributed by atoms with van der Waals surface area (Å²) in [7, 11) is 0. The first kappa shape index (κ1) is 31.1. The number of fused-ring (bicyclic) bond motifs is 7. The van der Waals surface area contributed by atoms with Crippen LogP contribution >= 0.6 is 0 Å². The van der Waals surface area contributed by atoms with E-state index in [-0.39, 0.29) is 0 Å². The highest BCUT2D eigenvalue weighted by Gasteiger charge is 2.19. The maximum atomic E-state index is 9.82. The van der Waals surface area contributed by atoms with Crippen molar-refractivity contribution in [2.75, 3.05) is 0 Å². The van der Waals surface area contributed by atoms with Gasteiger partial charge in [-0.3, -0.25) is 0 Å². The first-order valence-corrected chi connectivity index (χ1v) is 18.7. The Balaban J connectivity index is 1.21. The lowest BCUT2D eigenvalue weighted by Crippen LogP contribution is -1.94. The quantitative estimate of drug-likeness (QED) is 0.168. The zero-order valence-electron chi connectivity index (χ0n) is 29.9. The van der Waals surface area contributed by atoms with E-state index in [9.17, 15) is 5.26 Å². The molecule has 55 heavy (non-hydrogen) atoms. The second kappa shape index (κ2) is 12.3. The van der Waals surface area contributed by atoms with Crippen molar-refractivity contribution in [3.05, 3.63) is 200 Å². The summed E-state index contributed by atoms with van der Waals surface area (Å²) in [4.78, 5) is 0. The Kier molecular flexibility index (Phi) is 6.96. The molecular formula is C53H32N2. The zero-order chi connectivity index (χ0) is 36.5. The van der Waals surface area contributed by atoms with Gasteiger partial charge in [-0.05, 0) is 125 Å². The fourth-order valence-electron chi connectivity index (χ4n) is 8.79. The van der Waals surface area contributed by atoms with Crippen LogP contribution in [0.3, 0.4) is 0 Å². The minimum Gasteiger partial charge on any atom is -0.309 e. The normalized spacial score (nSPS) is 11.6. The van der Waals surface area contributed by atoms with E-state index in [1.807, 2.05) is 18.2 Å². The van der Waals surface area contributed by atoms with E-state index in [4.69, 9.17) is 0 Å². The van der Waals surface area contributed by atoms with Crippen LogP contribution in [0, 0.1) is 11.3 Å². The van der Waals surface area contributed by atoms with Crippen LogP contribution in [0.25, 0.3) is 104 Å². The number of hydrogen-bond donors (Lipinski definition) is 0. The summed E-state index contributed by atoms with van der Waals surface area (Å²) in [5.41, 5.74) is 11.1. The first-order valence-electron chi connectivity index (χ1n) is 18.7. The molecule has 0 atom stereocenters. The lowest BCUT2D eigenvalue weighted by molar-refractivity contribution is 1.18. The van der Waals surface area contributed by atoms with Crippen LogP contribution in [-0.4, -0.2) is 4.57 Å². The molecule has 0 bridgehead atoms. The zero-order valence-corrected chi connectivity index (χ0v) is 29.9. The third-order valence-electron chi connectivity index (χ3n) is 11.3. The van der Waals surface area contributed by atoms with Gasteiger partial charge in [0.15, 0.2) is 0 Å². The molecule has 0 saturated carbocycles. The largest absolute Gasteiger partial charge is 0.309 e. The van der Waals surface area contributed by atoms with Crippen LogP contribution in [0.1, 0.15) is 5.56 Å². The first-order chi connectivity index (χ1) is 27.2. The fraction of sp³-hybridized carbons (Fsp3) is 0. The van der Waals surface area contributed by atoms with E-state index in [0.717, 1.165) is 38.6 Å². The van der Waals surface area contributed by atoms with Gasteiger partial charge in [0, 0.05) is 16.5 Å². The van der Waals surface area contributed by atoms with Gasteiger partial charge in [-0.2, -0.15) is 5.26 Å². The summed E-state index contributed by atoms with van der Waals surface area (Å²) >= 11 is 0. The van der Waals surface area contributed by atoms with Crippen molar-refractivity contribution in [1.82, 2.24) is 4.57 Å². The Bertz CT molecular complexity index is 3380. The Labute approximate surface area is 318 Å². The van der Waals surface area contributed by atoms with Crippen LogP contribution in [0.15, 0.2) is 194 Å². The molecule has 2 nitrogen and oxygen atoms in total. The third kappa shape index (κ3) is 4.95. The Hall–Kier alpha value is -7.47. The maximum Gasteiger partial charge on any atom is 0.0992 e. The van der Waals surface area contributed by atoms with E-state index < -0.39 is 0 Å². The van der Waals surface area contributed by atoms with Crippen LogP contribution in [-0.2, 0) is 0 Å². The minimum absolute atomic E-state index is 0.651. The van der Waals surface area contributed by atoms with Crippen LogP contribution in [0.2, 0.25) is 0 Å². The summed E-state index contributed by atoms with van der Waals surface area (Å²) in [5, 5.41) is 22.0. The highest BCUT2D eigenvalue weighted by atomic mass is 15.0. The molecular weight excluding hydrogens is 665 g/mol. The van der Waals surface area contributed by atoms with Gasteiger partial charge in [0.05, 0.1) is 22.7 Å². The number of rotatable bonds is 4. The second-order valence-electron chi connectivity index (χ2n) is 14.4. The van der Waals surface area contributed by atoms with E-state index in [1.54, 1.807) is 0 Å². The SMILES string of the molecule is N#Cc1ccc2c3ccc(-c4ccc5c(-c6ccc7ccccc7c6)c6ccccc6c(-c6ccc7ccccc7c6)c5c4)cc3n(-c3ccccc3)c2c1. The van der Waals surface area contributed by atoms with Crippen molar-refractivity contribution >= 4 is 64.9 Å². The topological polar surface area (TPSA) is 28.7 Å². The molecule has 0 saturated heterocycles. The minimum atomic E-state index is 0.651. The number of hydrogen-bond acceptors (Lipinski definition) is 1. The predicted molar refractivity (Wildman–Crippen MR) is 232 cm³/mol. The predicted octanol–water partition coefficient (Wildman–Crippen LogP) is 14.3. The number of nitriles is 1. The van der Waals surface area contributed by atoms with Crippen LogP contribution < -0.4 is 0 Å². The number of aromatic nitrogens is 1. The molecule has 11 rings (SSSR count). The van der Waals surface area contributed by atoms with Gasteiger partial charge in [-0.25, -0.2) is 0 Å². The number of benzene rings is 10. The molecule has 0 amide bonds. The Morgan fingerprint density at radius 2 is 0.800 bits per heavy atom. The molecule has 0 aliphatic carbocycles. The van der Waals surface area contributed by atoms with Gasteiger partial charge in [0.1, 0.15) is 0 Å². The van der Waals surface area contributed by atoms with Crippen LogP contribution in [0.4, 0.5) is 0 Å². The van der Waals surface area contributed by atoms with Crippen molar-refractivity contribution in [3.63, 3.8) is 0 Å². The summed E-state index contributed by atoms with van der Waals surface area (Å²) in [6.45, 7) is 0. The smallest absolute Gasteiger partial charge is 0.0992 e. The van der Waals surface area contributed by atoms with Crippen molar-refractivity contribution < 1.29 is 0 Å². The summed E-state index contributed by atoms with van der Waals surface area (Å²) in [5.74, 6) is 0. The van der Waals surface area contributed by atoms with Crippen molar-refractivity contribution in [2.24, 2.45) is 0 Å². The molecule has 11 aromatic rings. The molecule has 0 fully saturated rings. The van der Waals surface area contributed by atoms with E-state index in [1.165, 1.54) is 65.3 Å². The number of para-hydroxylation sites is 1. The fourth-order valence-corrected chi connectivity index (χ4v) is 8.79. The van der Waals surface area contributed by atoms with Gasteiger partial charge in [0.25, 0.3) is 0 Å². The molecule has 0 radical (unpaired) electrons. The molecule has 254 valence electrons. The lowest BCUT2D eigenvalue weighted by Gasteiger charge is -2.19. The third-order valence-corrected chi connectivity index (χ3v) is 11.3. The molecule has 10 aromatic carbocycles. The molecule has 1 aromatic heterocycles. The lowest BCUT2D eigenvalue weighted by atomic mass is 9.84. The highest BCUT2D eigenvalue weighted by molar-refractivity contribution is 6.23. The molecule has 0 N–H and O–H groups in total. The summed E-state index contributed by atoms with van der Waals surface area (Å²) < 4.78 is 2.29. The maximum absolute atomic E-state index is 9.82. The monoisotopic (exact) mass is 696 g/mol. The highest BCUT2D eigenvalue weighted by Crippen LogP contribution is 2.46. The average Bonchev–Trinajstić information content (AvgIpc) is 3.58. The van der Waals surface area contributed by atoms with E-state index in [2.05, 4.69) is 187 Å². The van der Waals surface area contributed by atoms with Crippen molar-refractivity contribution in [2.45, 2.75) is 0 Å². The molecule has 0 spiro atoms. The molecule has 1 heterocycles. The van der Waals surface area contributed by atoms with Gasteiger partial charge in [-0.1, -0.05) is 146 Å². The van der Waals surface area contributed by atoms with E-state index >= 15 is 0 Å².